The van der Waals surface area contributed by atoms with Gasteiger partial charge in [-0.1, -0.05) is 26.0 Å². The topological polar surface area (TPSA) is 77.8 Å². The maximum absolute atomic E-state index is 5.17. The zero-order valence-electron chi connectivity index (χ0n) is 13.0. The molecule has 0 bridgehead atoms. The number of nitrogens with zero attached hydrogens (tertiary/aromatic N) is 5. The van der Waals surface area contributed by atoms with Crippen LogP contribution < -0.4 is 5.32 Å². The highest BCUT2D eigenvalue weighted by Crippen LogP contribution is 2.20. The van der Waals surface area contributed by atoms with Gasteiger partial charge in [0.25, 0.3) is 0 Å². The highest BCUT2D eigenvalue weighted by molar-refractivity contribution is 5.36. The number of ether oxygens (including phenoxy) is 1. The molecule has 0 fully saturated rings. The van der Waals surface area contributed by atoms with Gasteiger partial charge in [-0.25, -0.2) is 9.97 Å². The Labute approximate surface area is 124 Å². The minimum Gasteiger partial charge on any atom is -0.378 e. The second-order valence-electron chi connectivity index (χ2n) is 5.84. The molecular weight excluding hydrogens is 268 g/mol. The number of hydrogen-bond acceptors (Lipinski definition) is 6. The zero-order valence-corrected chi connectivity index (χ0v) is 13.0. The summed E-state index contributed by atoms with van der Waals surface area (Å²) in [5.74, 6) is 1.61. The Hall–Kier alpha value is -2.02. The van der Waals surface area contributed by atoms with Crippen LogP contribution in [0.15, 0.2) is 18.5 Å². The van der Waals surface area contributed by atoms with Gasteiger partial charge in [0.05, 0.1) is 25.0 Å². The summed E-state index contributed by atoms with van der Waals surface area (Å²) < 4.78 is 6.95. The Morgan fingerprint density at radius 1 is 1.29 bits per heavy atom. The molecule has 0 aliphatic rings. The lowest BCUT2D eigenvalue weighted by atomic mass is 9.95. The summed E-state index contributed by atoms with van der Waals surface area (Å²) in [7, 11) is 1.66. The summed E-state index contributed by atoms with van der Waals surface area (Å²) in [4.78, 5) is 9.13. The average molecular weight is 290 g/mol. The molecule has 2 aromatic heterocycles. The predicted octanol–water partition coefficient (Wildman–Crippen LogP) is 1.62. The molecule has 1 N–H and O–H groups in total. The van der Waals surface area contributed by atoms with Crippen molar-refractivity contribution >= 4 is 5.82 Å². The van der Waals surface area contributed by atoms with Crippen LogP contribution in [0, 0.1) is 0 Å². The van der Waals surface area contributed by atoms with Crippen molar-refractivity contribution in [3.8, 4) is 0 Å². The molecule has 0 unspecified atom stereocenters. The molecule has 2 heterocycles. The van der Waals surface area contributed by atoms with E-state index in [9.17, 15) is 0 Å². The Morgan fingerprint density at radius 2 is 2.10 bits per heavy atom. The molecule has 0 atom stereocenters. The second-order valence-corrected chi connectivity index (χ2v) is 5.84. The molecule has 0 spiro atoms. The first-order valence-electron chi connectivity index (χ1n) is 6.94. The van der Waals surface area contributed by atoms with Crippen molar-refractivity contribution in [1.82, 2.24) is 25.0 Å². The molecule has 21 heavy (non-hydrogen) atoms. The zero-order chi connectivity index (χ0) is 15.3. The van der Waals surface area contributed by atoms with E-state index in [0.717, 1.165) is 30.4 Å². The minimum atomic E-state index is -0.105. The quantitative estimate of drug-likeness (QED) is 0.871. The molecule has 114 valence electrons. The molecule has 0 aliphatic carbocycles. The van der Waals surface area contributed by atoms with Crippen LogP contribution in [-0.2, 0) is 23.3 Å². The molecule has 2 rings (SSSR count). The lowest BCUT2D eigenvalue weighted by Crippen LogP contribution is -2.19. The highest BCUT2D eigenvalue weighted by atomic mass is 16.5. The molecule has 7 heteroatoms. The fourth-order valence-electron chi connectivity index (χ4n) is 1.80. The van der Waals surface area contributed by atoms with Crippen molar-refractivity contribution in [2.75, 3.05) is 19.0 Å². The van der Waals surface area contributed by atoms with E-state index in [0.29, 0.717) is 6.61 Å². The lowest BCUT2D eigenvalue weighted by molar-refractivity contribution is 0.181. The van der Waals surface area contributed by atoms with E-state index in [2.05, 4.69) is 46.4 Å². The molecule has 7 nitrogen and oxygen atoms in total. The third kappa shape index (κ3) is 4.49. The van der Waals surface area contributed by atoms with Gasteiger partial charge in [0, 0.05) is 31.3 Å². The normalized spacial score (nSPS) is 11.6. The van der Waals surface area contributed by atoms with E-state index >= 15 is 0 Å². The van der Waals surface area contributed by atoms with Crippen LogP contribution in [0.25, 0.3) is 0 Å². The van der Waals surface area contributed by atoms with Gasteiger partial charge in [-0.3, -0.25) is 4.68 Å². The van der Waals surface area contributed by atoms with E-state index in [4.69, 9.17) is 4.74 Å². The van der Waals surface area contributed by atoms with Gasteiger partial charge in [0.2, 0.25) is 0 Å². The number of anilines is 1. The van der Waals surface area contributed by atoms with E-state index in [1.807, 2.05) is 12.3 Å². The molecule has 0 aliphatic heterocycles. The number of hydrogen-bond donors (Lipinski definition) is 1. The van der Waals surface area contributed by atoms with Crippen molar-refractivity contribution in [3.05, 3.63) is 30.0 Å². The monoisotopic (exact) mass is 290 g/mol. The van der Waals surface area contributed by atoms with Crippen LogP contribution >= 0.6 is 0 Å². The summed E-state index contributed by atoms with van der Waals surface area (Å²) in [5.41, 5.74) is 0.771. The number of aromatic nitrogens is 5. The van der Waals surface area contributed by atoms with Crippen molar-refractivity contribution in [2.24, 2.45) is 0 Å². The first-order chi connectivity index (χ1) is 9.99. The molecule has 0 aromatic carbocycles. The van der Waals surface area contributed by atoms with E-state index < -0.39 is 0 Å². The number of nitrogens with one attached hydrogen (secondary N) is 1. The molecule has 0 saturated heterocycles. The fraction of sp³-hybridized carbons (Fsp3) is 0.571. The van der Waals surface area contributed by atoms with Gasteiger partial charge in [0.15, 0.2) is 0 Å². The van der Waals surface area contributed by atoms with Crippen LogP contribution in [0.4, 0.5) is 5.82 Å². The van der Waals surface area contributed by atoms with Crippen molar-refractivity contribution < 1.29 is 4.74 Å². The molecule has 2 aromatic rings. The van der Waals surface area contributed by atoms with Crippen LogP contribution in [0.5, 0.6) is 0 Å². The first-order valence-corrected chi connectivity index (χ1v) is 6.94. The van der Waals surface area contributed by atoms with Gasteiger partial charge in [-0.2, -0.15) is 0 Å². The lowest BCUT2D eigenvalue weighted by Gasteiger charge is -2.19. The maximum Gasteiger partial charge on any atom is 0.136 e. The molecule has 0 radical (unpaired) electrons. The standard InChI is InChI=1S/C14H22N6O/c1-14(2,3)13-17-11(10-21-4)9-12(18-13)15-5-7-20-8-6-16-19-20/h6,8-9H,5,7,10H2,1-4H3,(H,15,17,18). The third-order valence-corrected chi connectivity index (χ3v) is 2.86. The summed E-state index contributed by atoms with van der Waals surface area (Å²) in [5, 5.41) is 11.0. The Balaban J connectivity index is 2.08. The van der Waals surface area contributed by atoms with Gasteiger partial charge >= 0.3 is 0 Å². The third-order valence-electron chi connectivity index (χ3n) is 2.86. The van der Waals surface area contributed by atoms with E-state index in [-0.39, 0.29) is 5.41 Å². The van der Waals surface area contributed by atoms with Gasteiger partial charge in [-0.15, -0.1) is 5.10 Å². The SMILES string of the molecule is COCc1cc(NCCn2ccnn2)nc(C(C)(C)C)n1. The van der Waals surface area contributed by atoms with E-state index in [1.54, 1.807) is 18.0 Å². The summed E-state index contributed by atoms with van der Waals surface area (Å²) >= 11 is 0. The van der Waals surface area contributed by atoms with E-state index in [1.165, 1.54) is 0 Å². The summed E-state index contributed by atoms with van der Waals surface area (Å²) in [6, 6.07) is 1.92. The van der Waals surface area contributed by atoms with Gasteiger partial charge < -0.3 is 10.1 Å². The maximum atomic E-state index is 5.17. The van der Waals surface area contributed by atoms with Crippen LogP contribution in [0.3, 0.4) is 0 Å². The largest absolute Gasteiger partial charge is 0.378 e. The second kappa shape index (κ2) is 6.62. The number of rotatable bonds is 6. The smallest absolute Gasteiger partial charge is 0.136 e. The number of methoxy groups -OCH3 is 1. The summed E-state index contributed by atoms with van der Waals surface area (Å²) in [6.07, 6.45) is 3.50. The van der Waals surface area contributed by atoms with Gasteiger partial charge in [-0.05, 0) is 0 Å². The van der Waals surface area contributed by atoms with Crippen molar-refractivity contribution in [3.63, 3.8) is 0 Å². The van der Waals surface area contributed by atoms with Crippen LogP contribution in [-0.4, -0.2) is 38.6 Å². The summed E-state index contributed by atoms with van der Waals surface area (Å²) in [6.45, 7) is 8.21. The predicted molar refractivity (Wildman–Crippen MR) is 80.0 cm³/mol. The fourth-order valence-corrected chi connectivity index (χ4v) is 1.80. The average Bonchev–Trinajstić information content (AvgIpc) is 2.91. The van der Waals surface area contributed by atoms with Crippen molar-refractivity contribution in [2.45, 2.75) is 39.3 Å². The van der Waals surface area contributed by atoms with Crippen molar-refractivity contribution in [1.29, 1.82) is 0 Å². The minimum absolute atomic E-state index is 0.105. The Morgan fingerprint density at radius 3 is 2.71 bits per heavy atom. The first kappa shape index (κ1) is 15.4. The van der Waals surface area contributed by atoms with Crippen LogP contribution in [0.2, 0.25) is 0 Å². The molecule has 0 saturated carbocycles. The van der Waals surface area contributed by atoms with Gasteiger partial charge in [0.1, 0.15) is 11.6 Å². The Kier molecular flexibility index (Phi) is 4.85. The Bertz CT molecular complexity index is 561. The highest BCUT2D eigenvalue weighted by Gasteiger charge is 2.19. The van der Waals surface area contributed by atoms with Crippen LogP contribution in [0.1, 0.15) is 32.3 Å². The molecular formula is C14H22N6O. The molecule has 0 amide bonds.